The van der Waals surface area contributed by atoms with Crippen LogP contribution < -0.4 is 5.32 Å². The summed E-state index contributed by atoms with van der Waals surface area (Å²) in [5.74, 6) is -2.54. The van der Waals surface area contributed by atoms with Crippen molar-refractivity contribution in [2.24, 2.45) is 11.8 Å². The van der Waals surface area contributed by atoms with Crippen LogP contribution in [0.1, 0.15) is 82.2 Å². The van der Waals surface area contributed by atoms with Gasteiger partial charge in [0, 0.05) is 70.7 Å². The molecule has 7 nitrogen and oxygen atoms in total. The summed E-state index contributed by atoms with van der Waals surface area (Å²) in [5, 5.41) is 3.25. The van der Waals surface area contributed by atoms with Crippen molar-refractivity contribution in [2.75, 3.05) is 39.9 Å². The Labute approximate surface area is 242 Å². The second kappa shape index (κ2) is 11.8. The average Bonchev–Trinajstić information content (AvgIpc) is 3.35. The summed E-state index contributed by atoms with van der Waals surface area (Å²) < 4.78 is 32.9. The number of benzene rings is 1. The fourth-order valence-electron chi connectivity index (χ4n) is 8.39. The van der Waals surface area contributed by atoms with Crippen LogP contribution in [0.4, 0.5) is 13.6 Å². The van der Waals surface area contributed by atoms with E-state index in [1.54, 1.807) is 0 Å². The smallest absolute Gasteiger partial charge is 0.320 e. The zero-order chi connectivity index (χ0) is 28.6. The molecule has 3 atom stereocenters. The van der Waals surface area contributed by atoms with Crippen LogP contribution >= 0.6 is 0 Å². The van der Waals surface area contributed by atoms with E-state index < -0.39 is 5.92 Å². The number of rotatable bonds is 8. The second-order valence-corrected chi connectivity index (χ2v) is 13.4. The van der Waals surface area contributed by atoms with Crippen molar-refractivity contribution in [3.05, 3.63) is 35.9 Å². The molecule has 9 heteroatoms. The van der Waals surface area contributed by atoms with Crippen LogP contribution in [0, 0.1) is 11.8 Å². The van der Waals surface area contributed by atoms with E-state index in [-0.39, 0.29) is 55.1 Å². The Morgan fingerprint density at radius 3 is 2.34 bits per heavy atom. The molecule has 4 heterocycles. The summed E-state index contributed by atoms with van der Waals surface area (Å²) >= 11 is 0. The maximum Gasteiger partial charge on any atom is 0.320 e. The Bertz CT molecular complexity index is 1060. The van der Waals surface area contributed by atoms with Gasteiger partial charge in [-0.15, -0.1) is 0 Å². The molecule has 6 rings (SSSR count). The van der Waals surface area contributed by atoms with Gasteiger partial charge in [-0.25, -0.2) is 13.6 Å². The minimum atomic E-state index is -2.64. The Hall–Kier alpha value is -2.26. The highest BCUT2D eigenvalue weighted by Gasteiger charge is 2.56. The van der Waals surface area contributed by atoms with Crippen LogP contribution in [0.25, 0.3) is 0 Å². The third-order valence-corrected chi connectivity index (χ3v) is 10.9. The van der Waals surface area contributed by atoms with Crippen molar-refractivity contribution in [2.45, 2.75) is 100 Å². The molecular formula is C32H46F2N4O3. The lowest BCUT2D eigenvalue weighted by Crippen LogP contribution is -2.57. The number of nitrogens with one attached hydrogen (secondary N) is 1. The van der Waals surface area contributed by atoms with Crippen molar-refractivity contribution >= 4 is 11.9 Å². The Morgan fingerprint density at radius 2 is 1.68 bits per heavy atom. The topological polar surface area (TPSA) is 65.1 Å². The molecule has 1 aromatic rings. The number of alkyl halides is 2. The molecule has 0 radical (unpaired) electrons. The van der Waals surface area contributed by atoms with Gasteiger partial charge in [0.2, 0.25) is 11.8 Å². The summed E-state index contributed by atoms with van der Waals surface area (Å²) in [6.45, 7) is 4.13. The zero-order valence-corrected chi connectivity index (χ0v) is 24.4. The number of halogens is 2. The van der Waals surface area contributed by atoms with Crippen LogP contribution in [0.3, 0.4) is 0 Å². The van der Waals surface area contributed by atoms with E-state index in [1.807, 2.05) is 37.4 Å². The number of piperidine rings is 1. The number of nitrogens with zero attached hydrogens (tertiary/aromatic N) is 3. The molecule has 4 saturated heterocycles. The molecule has 226 valence electrons. The fraction of sp³-hybridized carbons (Fsp3) is 0.750. The second-order valence-electron chi connectivity index (χ2n) is 13.4. The van der Waals surface area contributed by atoms with Gasteiger partial charge < -0.3 is 19.9 Å². The molecular weight excluding hydrogens is 526 g/mol. The predicted octanol–water partition coefficient (Wildman–Crippen LogP) is 5.22. The van der Waals surface area contributed by atoms with E-state index in [9.17, 15) is 18.4 Å². The number of hydrogen-bond donors (Lipinski definition) is 1. The van der Waals surface area contributed by atoms with Gasteiger partial charge in [0.25, 0.3) is 0 Å². The summed E-state index contributed by atoms with van der Waals surface area (Å²) in [7, 11) is 2.00. The van der Waals surface area contributed by atoms with Crippen molar-refractivity contribution in [1.82, 2.24) is 20.0 Å². The molecule has 1 spiro atoms. The Balaban J connectivity index is 1.08. The number of hydrogen-bond acceptors (Lipinski definition) is 4. The Morgan fingerprint density at radius 1 is 1.02 bits per heavy atom. The number of carbonyl (C=O) groups excluding carboxylic acids is 2. The summed E-state index contributed by atoms with van der Waals surface area (Å²) in [6, 6.07) is 10.9. The first-order valence-electron chi connectivity index (χ1n) is 15.8. The first-order chi connectivity index (χ1) is 19.7. The minimum absolute atomic E-state index is 0.0920. The van der Waals surface area contributed by atoms with Gasteiger partial charge in [-0.1, -0.05) is 30.3 Å². The Kier molecular flexibility index (Phi) is 8.29. The highest BCUT2D eigenvalue weighted by Crippen LogP contribution is 2.47. The largest absolute Gasteiger partial charge is 0.381 e. The van der Waals surface area contributed by atoms with E-state index in [0.717, 1.165) is 83.4 Å². The number of fused-ring (bicyclic) bond motifs is 2. The van der Waals surface area contributed by atoms with Crippen LogP contribution in [-0.2, 0) is 9.53 Å². The number of urea groups is 1. The highest BCUT2D eigenvalue weighted by atomic mass is 19.3. The molecule has 2 bridgehead atoms. The SMILES string of the molecule is CN1C(=O)N(CC2CCOCC2)CC12CC1CCC(C2)N1CC[C@H](NC(=O)C1CCC(F)(F)CC1)c1ccccc1. The minimum Gasteiger partial charge on any atom is -0.381 e. The van der Waals surface area contributed by atoms with E-state index in [4.69, 9.17) is 4.74 Å². The summed E-state index contributed by atoms with van der Waals surface area (Å²) in [5.41, 5.74) is 0.966. The van der Waals surface area contributed by atoms with Crippen molar-refractivity contribution < 1.29 is 23.1 Å². The molecule has 3 amide bonds. The summed E-state index contributed by atoms with van der Waals surface area (Å²) in [4.78, 5) is 33.3. The molecule has 2 unspecified atom stereocenters. The van der Waals surface area contributed by atoms with Crippen LogP contribution in [0.15, 0.2) is 30.3 Å². The number of ether oxygens (including phenoxy) is 1. The molecule has 1 aliphatic carbocycles. The van der Waals surface area contributed by atoms with E-state index in [2.05, 4.69) is 20.0 Å². The lowest BCUT2D eigenvalue weighted by Gasteiger charge is -2.47. The van der Waals surface area contributed by atoms with E-state index in [1.165, 1.54) is 0 Å². The fourth-order valence-corrected chi connectivity index (χ4v) is 8.39. The lowest BCUT2D eigenvalue weighted by atomic mass is 9.82. The third-order valence-electron chi connectivity index (χ3n) is 10.9. The van der Waals surface area contributed by atoms with Crippen molar-refractivity contribution in [1.29, 1.82) is 0 Å². The predicted molar refractivity (Wildman–Crippen MR) is 153 cm³/mol. The molecule has 41 heavy (non-hydrogen) atoms. The monoisotopic (exact) mass is 572 g/mol. The molecule has 5 fully saturated rings. The standard InChI is InChI=1S/C32H46F2N4O3/c1-36-30(40)37(21-23-12-17-41-18-13-23)22-31(36)19-26-7-8-27(20-31)38(26)16-11-28(24-5-3-2-4-6-24)35-29(39)25-9-14-32(33,34)15-10-25/h2-6,23,25-28H,7-22H2,1H3,(H,35,39)/t26?,27?,28-,31?/m0/s1. The molecule has 5 aliphatic rings. The van der Waals surface area contributed by atoms with Gasteiger partial charge in [0.15, 0.2) is 0 Å². The van der Waals surface area contributed by atoms with Gasteiger partial charge in [0.05, 0.1) is 11.6 Å². The zero-order valence-electron chi connectivity index (χ0n) is 24.4. The molecule has 1 N–H and O–H groups in total. The van der Waals surface area contributed by atoms with Gasteiger partial charge in [-0.05, 0) is 69.3 Å². The maximum atomic E-state index is 13.7. The molecule has 1 aromatic carbocycles. The number of amides is 3. The maximum absolute atomic E-state index is 13.7. The first-order valence-corrected chi connectivity index (χ1v) is 15.8. The summed E-state index contributed by atoms with van der Waals surface area (Å²) in [6.07, 6.45) is 7.21. The van der Waals surface area contributed by atoms with Gasteiger partial charge in [-0.2, -0.15) is 0 Å². The quantitative estimate of drug-likeness (QED) is 0.464. The van der Waals surface area contributed by atoms with Crippen LogP contribution in [0.5, 0.6) is 0 Å². The van der Waals surface area contributed by atoms with Crippen molar-refractivity contribution in [3.63, 3.8) is 0 Å². The van der Waals surface area contributed by atoms with Crippen LogP contribution in [-0.4, -0.2) is 90.1 Å². The average molecular weight is 573 g/mol. The van der Waals surface area contributed by atoms with E-state index >= 15 is 0 Å². The van der Waals surface area contributed by atoms with E-state index in [0.29, 0.717) is 18.0 Å². The van der Waals surface area contributed by atoms with Crippen molar-refractivity contribution in [3.8, 4) is 0 Å². The number of carbonyl (C=O) groups is 2. The van der Waals surface area contributed by atoms with Crippen LogP contribution in [0.2, 0.25) is 0 Å². The van der Waals surface area contributed by atoms with Gasteiger partial charge in [-0.3, -0.25) is 9.69 Å². The molecule has 4 aliphatic heterocycles. The normalized spacial score (nSPS) is 31.6. The highest BCUT2D eigenvalue weighted by molar-refractivity contribution is 5.79. The van der Waals surface area contributed by atoms with Gasteiger partial charge in [0.1, 0.15) is 0 Å². The molecule has 0 aromatic heterocycles. The number of likely N-dealkylation sites (N-methyl/N-ethyl adjacent to an activating group) is 1. The first kappa shape index (κ1) is 28.8. The third kappa shape index (κ3) is 6.12. The molecule has 1 saturated carbocycles. The van der Waals surface area contributed by atoms with Gasteiger partial charge >= 0.3 is 6.03 Å². The lowest BCUT2D eigenvalue weighted by molar-refractivity contribution is -0.130.